The lowest BCUT2D eigenvalue weighted by molar-refractivity contribution is 0.0215. The number of likely N-dealkylation sites (N-methyl/N-ethyl adjacent to an activating group) is 1. The van der Waals surface area contributed by atoms with E-state index in [0.29, 0.717) is 12.0 Å². The van der Waals surface area contributed by atoms with Crippen molar-refractivity contribution in [2.24, 2.45) is 5.92 Å². The molecule has 0 amide bonds. The maximum atomic E-state index is 5.77. The number of ether oxygens (including phenoxy) is 1. The van der Waals surface area contributed by atoms with E-state index in [0.717, 1.165) is 44.2 Å². The van der Waals surface area contributed by atoms with E-state index in [9.17, 15) is 0 Å². The number of rotatable bonds is 7. The summed E-state index contributed by atoms with van der Waals surface area (Å²) in [6.45, 7) is 7.96. The van der Waals surface area contributed by atoms with Gasteiger partial charge in [0, 0.05) is 26.7 Å². The molecule has 1 aliphatic rings. The number of aromatic nitrogens is 2. The molecule has 1 fully saturated rings. The van der Waals surface area contributed by atoms with Crippen LogP contribution in [0.4, 0.5) is 5.82 Å². The Morgan fingerprint density at radius 1 is 1.33 bits per heavy atom. The van der Waals surface area contributed by atoms with Gasteiger partial charge in [-0.05, 0) is 43.9 Å². The molecule has 5 nitrogen and oxygen atoms in total. The maximum absolute atomic E-state index is 5.77. The molecule has 2 heterocycles. The van der Waals surface area contributed by atoms with Crippen molar-refractivity contribution < 1.29 is 4.74 Å². The monoisotopic (exact) mass is 292 g/mol. The third kappa shape index (κ3) is 5.59. The molecule has 1 aliphatic heterocycles. The highest BCUT2D eigenvalue weighted by atomic mass is 16.5. The van der Waals surface area contributed by atoms with Gasteiger partial charge in [0.25, 0.3) is 0 Å². The van der Waals surface area contributed by atoms with Crippen LogP contribution in [0.15, 0.2) is 12.1 Å². The van der Waals surface area contributed by atoms with Gasteiger partial charge >= 0.3 is 0 Å². The largest absolute Gasteiger partial charge is 0.376 e. The molecule has 0 aromatic carbocycles. The zero-order valence-corrected chi connectivity index (χ0v) is 13.5. The SMILES string of the molecule is CC(C)CNCc1ccc(N(C)CC2CCCCO2)nn1. The lowest BCUT2D eigenvalue weighted by atomic mass is 10.1. The van der Waals surface area contributed by atoms with Crippen molar-refractivity contribution >= 4 is 5.82 Å². The van der Waals surface area contributed by atoms with Gasteiger partial charge in [0.05, 0.1) is 11.8 Å². The first-order valence-corrected chi connectivity index (χ1v) is 8.01. The standard InChI is InChI=1S/C16H28N4O/c1-13(2)10-17-11-14-7-8-16(19-18-14)20(3)12-15-6-4-5-9-21-15/h7-8,13,15,17H,4-6,9-12H2,1-3H3. The van der Waals surface area contributed by atoms with Gasteiger partial charge in [-0.15, -0.1) is 5.10 Å². The molecule has 0 saturated carbocycles. The van der Waals surface area contributed by atoms with E-state index in [1.165, 1.54) is 12.8 Å². The smallest absolute Gasteiger partial charge is 0.151 e. The van der Waals surface area contributed by atoms with E-state index < -0.39 is 0 Å². The summed E-state index contributed by atoms with van der Waals surface area (Å²) < 4.78 is 5.77. The van der Waals surface area contributed by atoms with Crippen LogP contribution in [0.3, 0.4) is 0 Å². The molecule has 1 unspecified atom stereocenters. The van der Waals surface area contributed by atoms with Gasteiger partial charge in [0.1, 0.15) is 0 Å². The van der Waals surface area contributed by atoms with Crippen molar-refractivity contribution in [1.82, 2.24) is 15.5 Å². The van der Waals surface area contributed by atoms with Crippen LogP contribution in [0.1, 0.15) is 38.8 Å². The second-order valence-electron chi connectivity index (χ2n) is 6.28. The van der Waals surface area contributed by atoms with Crippen molar-refractivity contribution in [3.8, 4) is 0 Å². The Balaban J connectivity index is 1.80. The Labute approximate surface area is 128 Å². The number of anilines is 1. The summed E-state index contributed by atoms with van der Waals surface area (Å²) in [5.41, 5.74) is 0.988. The molecule has 1 saturated heterocycles. The Morgan fingerprint density at radius 2 is 2.19 bits per heavy atom. The van der Waals surface area contributed by atoms with Crippen LogP contribution in [0.25, 0.3) is 0 Å². The molecule has 5 heteroatoms. The fraction of sp³-hybridized carbons (Fsp3) is 0.750. The van der Waals surface area contributed by atoms with Gasteiger partial charge in [-0.2, -0.15) is 5.10 Å². The zero-order chi connectivity index (χ0) is 15.1. The van der Waals surface area contributed by atoms with Crippen LogP contribution in [-0.2, 0) is 11.3 Å². The number of hydrogen-bond donors (Lipinski definition) is 1. The van der Waals surface area contributed by atoms with E-state index in [1.807, 2.05) is 12.1 Å². The summed E-state index contributed by atoms with van der Waals surface area (Å²) >= 11 is 0. The molecule has 1 N–H and O–H groups in total. The van der Waals surface area contributed by atoms with Crippen molar-refractivity contribution in [2.45, 2.75) is 45.8 Å². The topological polar surface area (TPSA) is 50.3 Å². The fourth-order valence-corrected chi connectivity index (χ4v) is 2.49. The number of nitrogens with zero attached hydrogens (tertiary/aromatic N) is 3. The van der Waals surface area contributed by atoms with E-state index in [2.05, 4.69) is 41.3 Å². The van der Waals surface area contributed by atoms with Crippen LogP contribution in [0, 0.1) is 5.92 Å². The fourth-order valence-electron chi connectivity index (χ4n) is 2.49. The Kier molecular flexibility index (Phi) is 6.39. The highest BCUT2D eigenvalue weighted by molar-refractivity contribution is 5.36. The number of hydrogen-bond acceptors (Lipinski definition) is 5. The van der Waals surface area contributed by atoms with Crippen molar-refractivity contribution in [3.63, 3.8) is 0 Å². The van der Waals surface area contributed by atoms with E-state index in [4.69, 9.17) is 4.74 Å². The molecule has 21 heavy (non-hydrogen) atoms. The van der Waals surface area contributed by atoms with Crippen molar-refractivity contribution in [2.75, 3.05) is 31.6 Å². The summed E-state index contributed by atoms with van der Waals surface area (Å²) in [5, 5.41) is 12.0. The Morgan fingerprint density at radius 3 is 2.81 bits per heavy atom. The summed E-state index contributed by atoms with van der Waals surface area (Å²) in [5.74, 6) is 1.57. The minimum absolute atomic E-state index is 0.331. The van der Waals surface area contributed by atoms with E-state index in [1.54, 1.807) is 0 Å². The van der Waals surface area contributed by atoms with E-state index >= 15 is 0 Å². The van der Waals surface area contributed by atoms with Gasteiger partial charge in [-0.3, -0.25) is 0 Å². The maximum Gasteiger partial charge on any atom is 0.151 e. The van der Waals surface area contributed by atoms with Gasteiger partial charge in [-0.25, -0.2) is 0 Å². The molecule has 2 rings (SSSR count). The summed E-state index contributed by atoms with van der Waals surface area (Å²) in [7, 11) is 2.05. The Hall–Kier alpha value is -1.20. The average molecular weight is 292 g/mol. The van der Waals surface area contributed by atoms with E-state index in [-0.39, 0.29) is 0 Å². The molecule has 0 aliphatic carbocycles. The zero-order valence-electron chi connectivity index (χ0n) is 13.5. The van der Waals surface area contributed by atoms with Crippen LogP contribution in [-0.4, -0.2) is 43.0 Å². The lowest BCUT2D eigenvalue weighted by Crippen LogP contribution is -2.33. The first-order chi connectivity index (χ1) is 10.1. The summed E-state index contributed by atoms with van der Waals surface area (Å²) in [6.07, 6.45) is 3.94. The lowest BCUT2D eigenvalue weighted by Gasteiger charge is -2.27. The quantitative estimate of drug-likeness (QED) is 0.835. The van der Waals surface area contributed by atoms with Crippen molar-refractivity contribution in [1.29, 1.82) is 0 Å². The molecule has 0 spiro atoms. The van der Waals surface area contributed by atoms with Crippen LogP contribution in [0.5, 0.6) is 0 Å². The van der Waals surface area contributed by atoms with Gasteiger partial charge in [0.2, 0.25) is 0 Å². The summed E-state index contributed by atoms with van der Waals surface area (Å²) in [4.78, 5) is 2.13. The van der Waals surface area contributed by atoms with Crippen LogP contribution in [0.2, 0.25) is 0 Å². The molecule has 1 aromatic heterocycles. The van der Waals surface area contributed by atoms with Crippen LogP contribution < -0.4 is 10.2 Å². The minimum Gasteiger partial charge on any atom is -0.376 e. The third-order valence-electron chi connectivity index (χ3n) is 3.71. The molecule has 1 aromatic rings. The number of nitrogens with one attached hydrogen (secondary N) is 1. The summed E-state index contributed by atoms with van der Waals surface area (Å²) in [6, 6.07) is 4.09. The molecular formula is C16H28N4O. The van der Waals surface area contributed by atoms with Gasteiger partial charge in [-0.1, -0.05) is 13.8 Å². The second kappa shape index (κ2) is 8.29. The van der Waals surface area contributed by atoms with Crippen molar-refractivity contribution in [3.05, 3.63) is 17.8 Å². The molecule has 0 bridgehead atoms. The molecular weight excluding hydrogens is 264 g/mol. The van der Waals surface area contributed by atoms with Gasteiger partial charge < -0.3 is 15.0 Å². The highest BCUT2D eigenvalue weighted by Crippen LogP contribution is 2.16. The normalized spacial score (nSPS) is 19.0. The average Bonchev–Trinajstić information content (AvgIpc) is 2.48. The third-order valence-corrected chi connectivity index (χ3v) is 3.71. The van der Waals surface area contributed by atoms with Gasteiger partial charge in [0.15, 0.2) is 5.82 Å². The van der Waals surface area contributed by atoms with Crippen LogP contribution >= 0.6 is 0 Å². The Bertz CT molecular complexity index is 401. The predicted molar refractivity (Wildman–Crippen MR) is 85.4 cm³/mol. The highest BCUT2D eigenvalue weighted by Gasteiger charge is 2.16. The minimum atomic E-state index is 0.331. The molecule has 118 valence electrons. The first kappa shape index (κ1) is 16.2. The molecule has 1 atom stereocenters. The predicted octanol–water partition coefficient (Wildman–Crippen LogP) is 2.23. The molecule has 0 radical (unpaired) electrons. The first-order valence-electron chi connectivity index (χ1n) is 8.01. The second-order valence-corrected chi connectivity index (χ2v) is 6.28.